The van der Waals surface area contributed by atoms with E-state index in [-0.39, 0.29) is 0 Å². The first-order chi connectivity index (χ1) is 23.9. The largest absolute Gasteiger partial charge is 0.359 e. The van der Waals surface area contributed by atoms with E-state index in [0.29, 0.717) is 5.92 Å². The molecule has 0 saturated carbocycles. The van der Waals surface area contributed by atoms with Gasteiger partial charge in [0.05, 0.1) is 0 Å². The average Bonchev–Trinajstić information content (AvgIpc) is 3.13. The van der Waals surface area contributed by atoms with E-state index < -0.39 is 0 Å². The van der Waals surface area contributed by atoms with Crippen LogP contribution in [0.4, 0.5) is 34.1 Å². The SMILES string of the molecule is Cc1ccc(NC2=CC=C(c3ccc(N(c4ccc(C)cc4)c4ccc(-c5ccc(Nc6ccc(C)cc6)cc5)cc4)cc3)CC2C)cc1. The average molecular weight is 638 g/mol. The predicted molar refractivity (Wildman–Crippen MR) is 210 cm³/mol. The second-order valence-corrected chi connectivity index (χ2v) is 13.2. The van der Waals surface area contributed by atoms with Crippen LogP contribution in [0.15, 0.2) is 163 Å². The van der Waals surface area contributed by atoms with Gasteiger partial charge in [-0.15, -0.1) is 0 Å². The molecule has 49 heavy (non-hydrogen) atoms. The van der Waals surface area contributed by atoms with Crippen molar-refractivity contribution in [2.45, 2.75) is 34.1 Å². The smallest absolute Gasteiger partial charge is 0.0462 e. The van der Waals surface area contributed by atoms with E-state index in [1.54, 1.807) is 0 Å². The van der Waals surface area contributed by atoms with Crippen LogP contribution in [0.3, 0.4) is 0 Å². The highest BCUT2D eigenvalue weighted by Crippen LogP contribution is 2.38. The van der Waals surface area contributed by atoms with Gasteiger partial charge in [0.15, 0.2) is 0 Å². The molecule has 0 aromatic heterocycles. The number of anilines is 6. The molecule has 0 radical (unpaired) electrons. The highest BCUT2D eigenvalue weighted by molar-refractivity contribution is 5.80. The van der Waals surface area contributed by atoms with Crippen LogP contribution in [0.1, 0.15) is 35.6 Å². The predicted octanol–water partition coefficient (Wildman–Crippen LogP) is 12.9. The molecule has 1 aliphatic rings. The second-order valence-electron chi connectivity index (χ2n) is 13.2. The zero-order valence-electron chi connectivity index (χ0n) is 28.7. The van der Waals surface area contributed by atoms with E-state index in [1.165, 1.54) is 44.7 Å². The zero-order chi connectivity index (χ0) is 33.7. The van der Waals surface area contributed by atoms with Crippen LogP contribution in [-0.2, 0) is 0 Å². The number of rotatable bonds is 9. The Hall–Kier alpha value is -5.80. The van der Waals surface area contributed by atoms with Gasteiger partial charge in [-0.1, -0.05) is 102 Å². The fraction of sp³-hybridized carbons (Fsp3) is 0.130. The van der Waals surface area contributed by atoms with Crippen molar-refractivity contribution in [2.75, 3.05) is 15.5 Å². The van der Waals surface area contributed by atoms with E-state index in [9.17, 15) is 0 Å². The van der Waals surface area contributed by atoms with Gasteiger partial charge < -0.3 is 15.5 Å². The highest BCUT2D eigenvalue weighted by Gasteiger charge is 2.18. The van der Waals surface area contributed by atoms with Gasteiger partial charge in [0.2, 0.25) is 0 Å². The molecular weight excluding hydrogens is 595 g/mol. The Labute approximate surface area is 291 Å². The fourth-order valence-electron chi connectivity index (χ4n) is 6.36. The first kappa shape index (κ1) is 31.8. The summed E-state index contributed by atoms with van der Waals surface area (Å²) in [6, 6.07) is 52.4. The number of nitrogens with zero attached hydrogens (tertiary/aromatic N) is 1. The first-order valence-electron chi connectivity index (χ1n) is 17.1. The van der Waals surface area contributed by atoms with Crippen molar-refractivity contribution in [2.24, 2.45) is 5.92 Å². The lowest BCUT2D eigenvalue weighted by molar-refractivity contribution is 0.702. The van der Waals surface area contributed by atoms with Crippen LogP contribution in [0.25, 0.3) is 16.7 Å². The summed E-state index contributed by atoms with van der Waals surface area (Å²) in [4.78, 5) is 2.34. The molecule has 0 amide bonds. The summed E-state index contributed by atoms with van der Waals surface area (Å²) in [5.41, 5.74) is 16.7. The quantitative estimate of drug-likeness (QED) is 0.165. The highest BCUT2D eigenvalue weighted by atomic mass is 15.1. The standard InChI is InChI=1S/C46H43N3/c1-32-5-18-40(19-6-32)47-41-22-11-36(12-23-41)37-13-26-44(27-14-37)49(43-24-9-34(3)10-25-43)45-28-15-38(16-29-45)39-17-30-46(35(4)31-39)48-42-20-7-33(2)8-21-42/h5-30,35,47-48H,31H2,1-4H3. The minimum absolute atomic E-state index is 0.407. The van der Waals surface area contributed by atoms with Crippen LogP contribution < -0.4 is 15.5 Å². The summed E-state index contributed by atoms with van der Waals surface area (Å²) in [6.07, 6.45) is 5.51. The molecule has 3 nitrogen and oxygen atoms in total. The summed E-state index contributed by atoms with van der Waals surface area (Å²) in [5.74, 6) is 0.407. The van der Waals surface area contributed by atoms with Gasteiger partial charge in [0.1, 0.15) is 0 Å². The molecular formula is C46H43N3. The van der Waals surface area contributed by atoms with E-state index in [2.05, 4.69) is 201 Å². The van der Waals surface area contributed by atoms with Gasteiger partial charge in [0.25, 0.3) is 0 Å². The lowest BCUT2D eigenvalue weighted by Gasteiger charge is -2.27. The molecule has 0 aliphatic heterocycles. The molecule has 1 unspecified atom stereocenters. The first-order valence-corrected chi connectivity index (χ1v) is 17.1. The Balaban J connectivity index is 1.11. The van der Waals surface area contributed by atoms with Crippen molar-refractivity contribution in [1.29, 1.82) is 0 Å². The zero-order valence-corrected chi connectivity index (χ0v) is 28.7. The maximum absolute atomic E-state index is 3.63. The molecule has 7 rings (SSSR count). The number of aryl methyl sites for hydroxylation is 3. The Morgan fingerprint density at radius 1 is 0.429 bits per heavy atom. The molecule has 0 heterocycles. The third-order valence-corrected chi connectivity index (χ3v) is 9.33. The van der Waals surface area contributed by atoms with Crippen molar-refractivity contribution in [3.05, 3.63) is 186 Å². The number of nitrogens with one attached hydrogen (secondary N) is 2. The fourth-order valence-corrected chi connectivity index (χ4v) is 6.36. The van der Waals surface area contributed by atoms with Gasteiger partial charge in [-0.2, -0.15) is 0 Å². The van der Waals surface area contributed by atoms with Crippen LogP contribution >= 0.6 is 0 Å². The maximum atomic E-state index is 3.63. The Kier molecular flexibility index (Phi) is 9.16. The number of benzene rings is 6. The van der Waals surface area contributed by atoms with Crippen LogP contribution in [0.2, 0.25) is 0 Å². The summed E-state index contributed by atoms with van der Waals surface area (Å²) < 4.78 is 0. The van der Waals surface area contributed by atoms with Gasteiger partial charge in [-0.25, -0.2) is 0 Å². The number of allylic oxidation sites excluding steroid dienone is 4. The monoisotopic (exact) mass is 637 g/mol. The van der Waals surface area contributed by atoms with Gasteiger partial charge in [-0.3, -0.25) is 0 Å². The van der Waals surface area contributed by atoms with E-state index in [1.807, 2.05) is 0 Å². The summed E-state index contributed by atoms with van der Waals surface area (Å²) in [7, 11) is 0. The van der Waals surface area contributed by atoms with Crippen molar-refractivity contribution in [3.8, 4) is 11.1 Å². The van der Waals surface area contributed by atoms with Gasteiger partial charge in [0, 0.05) is 45.7 Å². The topological polar surface area (TPSA) is 27.3 Å². The van der Waals surface area contributed by atoms with Crippen molar-refractivity contribution in [3.63, 3.8) is 0 Å². The molecule has 0 spiro atoms. The number of hydrogen-bond acceptors (Lipinski definition) is 3. The lowest BCUT2D eigenvalue weighted by Crippen LogP contribution is -2.13. The van der Waals surface area contributed by atoms with E-state index >= 15 is 0 Å². The van der Waals surface area contributed by atoms with E-state index in [0.717, 1.165) is 40.5 Å². The maximum Gasteiger partial charge on any atom is 0.0462 e. The van der Waals surface area contributed by atoms with Crippen molar-refractivity contribution < 1.29 is 0 Å². The second kappa shape index (κ2) is 14.1. The number of hydrogen-bond donors (Lipinski definition) is 2. The van der Waals surface area contributed by atoms with Gasteiger partial charge >= 0.3 is 0 Å². The normalized spacial score (nSPS) is 14.1. The Morgan fingerprint density at radius 3 is 1.27 bits per heavy atom. The summed E-state index contributed by atoms with van der Waals surface area (Å²) in [5, 5.41) is 7.13. The molecule has 2 N–H and O–H groups in total. The van der Waals surface area contributed by atoms with Crippen molar-refractivity contribution >= 4 is 39.7 Å². The third kappa shape index (κ3) is 7.52. The Bertz CT molecular complexity index is 2070. The molecule has 0 bridgehead atoms. The van der Waals surface area contributed by atoms with Crippen LogP contribution in [0.5, 0.6) is 0 Å². The van der Waals surface area contributed by atoms with Crippen molar-refractivity contribution in [1.82, 2.24) is 0 Å². The minimum Gasteiger partial charge on any atom is -0.359 e. The molecule has 1 atom stereocenters. The minimum atomic E-state index is 0.407. The lowest BCUT2D eigenvalue weighted by atomic mass is 9.88. The molecule has 242 valence electrons. The van der Waals surface area contributed by atoms with E-state index in [4.69, 9.17) is 0 Å². The molecule has 0 fully saturated rings. The Morgan fingerprint density at radius 2 is 0.796 bits per heavy atom. The molecule has 6 aromatic carbocycles. The summed E-state index contributed by atoms with van der Waals surface area (Å²) in [6.45, 7) is 8.66. The summed E-state index contributed by atoms with van der Waals surface area (Å²) >= 11 is 0. The molecule has 0 saturated heterocycles. The van der Waals surface area contributed by atoms with Crippen LogP contribution in [-0.4, -0.2) is 0 Å². The molecule has 3 heteroatoms. The third-order valence-electron chi connectivity index (χ3n) is 9.33. The molecule has 6 aromatic rings. The molecule has 1 aliphatic carbocycles. The van der Waals surface area contributed by atoms with Crippen LogP contribution in [0, 0.1) is 26.7 Å². The van der Waals surface area contributed by atoms with Gasteiger partial charge in [-0.05, 0) is 128 Å².